The minimum atomic E-state index is 0.0785. The van der Waals surface area contributed by atoms with Crippen molar-refractivity contribution in [3.63, 3.8) is 0 Å². The number of rotatable bonds is 2. The normalized spacial score (nSPS) is 18.7. The van der Waals surface area contributed by atoms with E-state index in [1.165, 1.54) is 5.56 Å². The van der Waals surface area contributed by atoms with Crippen LogP contribution >= 0.6 is 0 Å². The largest absolute Gasteiger partial charge is 0.504 e. The van der Waals surface area contributed by atoms with Gasteiger partial charge in [0.2, 0.25) is 0 Å². The molecule has 0 spiro atoms. The number of phenols is 2. The Balaban J connectivity index is 2.05. The molecule has 24 heavy (non-hydrogen) atoms. The number of ether oxygens (including phenoxy) is 2. The first kappa shape index (κ1) is 15.1. The van der Waals surface area contributed by atoms with Crippen LogP contribution in [-0.2, 0) is 12.8 Å². The van der Waals surface area contributed by atoms with Crippen molar-refractivity contribution < 1.29 is 19.7 Å². The molecule has 0 unspecified atom stereocenters. The van der Waals surface area contributed by atoms with Crippen LogP contribution in [0.4, 0.5) is 0 Å². The fraction of sp³-hybridized carbons (Fsp3) is 0.368. The molecule has 1 atom stereocenters. The Morgan fingerprint density at radius 2 is 1.75 bits per heavy atom. The zero-order chi connectivity index (χ0) is 17.0. The first-order valence-electron chi connectivity index (χ1n) is 8.08. The molecule has 1 aliphatic carbocycles. The van der Waals surface area contributed by atoms with Gasteiger partial charge in [0.25, 0.3) is 0 Å². The molecule has 1 aliphatic heterocycles. The second-order valence-electron chi connectivity index (χ2n) is 6.51. The molecule has 5 heteroatoms. The Morgan fingerprint density at radius 3 is 2.46 bits per heavy atom. The summed E-state index contributed by atoms with van der Waals surface area (Å²) in [6.07, 6.45) is 1.75. The maximum absolute atomic E-state index is 10.8. The molecule has 2 aliphatic rings. The van der Waals surface area contributed by atoms with Crippen LogP contribution in [0, 0.1) is 0 Å². The highest BCUT2D eigenvalue weighted by Gasteiger charge is 2.36. The molecule has 0 fully saturated rings. The Kier molecular flexibility index (Phi) is 3.35. The molecule has 2 aromatic carbocycles. The summed E-state index contributed by atoms with van der Waals surface area (Å²) in [6, 6.07) is 5.72. The van der Waals surface area contributed by atoms with Crippen LogP contribution < -0.4 is 9.47 Å². The van der Waals surface area contributed by atoms with Crippen LogP contribution in [0.15, 0.2) is 18.2 Å². The molecule has 4 rings (SSSR count). The van der Waals surface area contributed by atoms with Crippen LogP contribution in [0.3, 0.4) is 0 Å². The molecule has 1 heterocycles. The van der Waals surface area contributed by atoms with Gasteiger partial charge in [0.1, 0.15) is 0 Å². The van der Waals surface area contributed by atoms with Crippen molar-refractivity contribution in [2.24, 2.45) is 0 Å². The number of likely N-dealkylation sites (N-methyl/N-ethyl adjacent to an activating group) is 1. The van der Waals surface area contributed by atoms with Gasteiger partial charge in [-0.25, -0.2) is 0 Å². The lowest BCUT2D eigenvalue weighted by Crippen LogP contribution is -2.35. The van der Waals surface area contributed by atoms with Gasteiger partial charge in [-0.3, -0.25) is 4.90 Å². The summed E-state index contributed by atoms with van der Waals surface area (Å²) < 4.78 is 10.6. The van der Waals surface area contributed by atoms with E-state index in [9.17, 15) is 10.2 Å². The van der Waals surface area contributed by atoms with E-state index in [0.29, 0.717) is 11.5 Å². The van der Waals surface area contributed by atoms with E-state index >= 15 is 0 Å². The van der Waals surface area contributed by atoms with Gasteiger partial charge in [0.05, 0.1) is 14.2 Å². The minimum Gasteiger partial charge on any atom is -0.504 e. The van der Waals surface area contributed by atoms with Gasteiger partial charge in [0, 0.05) is 18.2 Å². The van der Waals surface area contributed by atoms with Crippen molar-refractivity contribution in [3.05, 3.63) is 34.9 Å². The average Bonchev–Trinajstić information content (AvgIpc) is 2.58. The van der Waals surface area contributed by atoms with Gasteiger partial charge >= 0.3 is 0 Å². The number of methoxy groups -OCH3 is 2. The first-order valence-corrected chi connectivity index (χ1v) is 8.08. The number of hydrogen-bond acceptors (Lipinski definition) is 5. The molecule has 2 aromatic rings. The summed E-state index contributed by atoms with van der Waals surface area (Å²) in [7, 11) is 5.22. The second-order valence-corrected chi connectivity index (χ2v) is 6.51. The molecule has 0 aromatic heterocycles. The zero-order valence-electron chi connectivity index (χ0n) is 14.1. The van der Waals surface area contributed by atoms with E-state index in [2.05, 4.69) is 11.9 Å². The van der Waals surface area contributed by atoms with Gasteiger partial charge in [-0.1, -0.05) is 0 Å². The summed E-state index contributed by atoms with van der Waals surface area (Å²) >= 11 is 0. The van der Waals surface area contributed by atoms with Crippen molar-refractivity contribution in [1.29, 1.82) is 0 Å². The molecular weight excluding hydrogens is 306 g/mol. The Bertz CT molecular complexity index is 831. The monoisotopic (exact) mass is 327 g/mol. The zero-order valence-corrected chi connectivity index (χ0v) is 14.1. The van der Waals surface area contributed by atoms with Crippen molar-refractivity contribution in [2.45, 2.75) is 18.9 Å². The lowest BCUT2D eigenvalue weighted by atomic mass is 9.76. The molecular formula is C19H21NO4. The summed E-state index contributed by atoms with van der Waals surface area (Å²) in [4.78, 5) is 2.32. The van der Waals surface area contributed by atoms with Gasteiger partial charge < -0.3 is 19.7 Å². The van der Waals surface area contributed by atoms with Gasteiger partial charge in [-0.05, 0) is 60.3 Å². The van der Waals surface area contributed by atoms with Gasteiger partial charge in [-0.15, -0.1) is 0 Å². The number of fused-ring (bicyclic) bond motifs is 2. The maximum atomic E-state index is 10.8. The lowest BCUT2D eigenvalue weighted by molar-refractivity contribution is 0.226. The topological polar surface area (TPSA) is 62.2 Å². The van der Waals surface area contributed by atoms with Crippen molar-refractivity contribution >= 4 is 0 Å². The van der Waals surface area contributed by atoms with Crippen molar-refractivity contribution in [3.8, 4) is 34.1 Å². The highest BCUT2D eigenvalue weighted by molar-refractivity contribution is 5.84. The lowest BCUT2D eigenvalue weighted by Gasteiger charge is -2.40. The maximum Gasteiger partial charge on any atom is 0.166 e. The molecule has 5 nitrogen and oxygen atoms in total. The predicted molar refractivity (Wildman–Crippen MR) is 91.1 cm³/mol. The van der Waals surface area contributed by atoms with E-state index in [1.807, 2.05) is 12.1 Å². The number of benzene rings is 2. The first-order chi connectivity index (χ1) is 11.5. The van der Waals surface area contributed by atoms with Crippen LogP contribution in [0.2, 0.25) is 0 Å². The number of hydrogen-bond donors (Lipinski definition) is 2. The third-order valence-corrected chi connectivity index (χ3v) is 5.30. The van der Waals surface area contributed by atoms with E-state index in [0.717, 1.165) is 41.6 Å². The quantitative estimate of drug-likeness (QED) is 0.888. The minimum absolute atomic E-state index is 0.0785. The van der Waals surface area contributed by atoms with Gasteiger partial charge in [0.15, 0.2) is 23.0 Å². The third kappa shape index (κ3) is 1.97. The fourth-order valence-corrected chi connectivity index (χ4v) is 4.05. The van der Waals surface area contributed by atoms with Crippen LogP contribution in [0.5, 0.6) is 23.0 Å². The molecule has 0 saturated carbocycles. The molecule has 0 amide bonds. The molecule has 0 saturated heterocycles. The van der Waals surface area contributed by atoms with Crippen LogP contribution in [0.25, 0.3) is 11.1 Å². The van der Waals surface area contributed by atoms with Crippen LogP contribution in [-0.4, -0.2) is 42.9 Å². The standard InChI is InChI=1S/C19H21NO4/c1-20-5-4-10-7-16(24-3)19(22)18-12-9-14(21)15(23-2)8-11(12)6-13(20)17(10)18/h7-9,13,21-22H,4-6H2,1-3H3/t13-/m1/s1. The highest BCUT2D eigenvalue weighted by Crippen LogP contribution is 2.53. The van der Waals surface area contributed by atoms with Crippen LogP contribution in [0.1, 0.15) is 22.7 Å². The van der Waals surface area contributed by atoms with Gasteiger partial charge in [-0.2, -0.15) is 0 Å². The van der Waals surface area contributed by atoms with E-state index in [-0.39, 0.29) is 17.5 Å². The Labute approximate surface area is 141 Å². The Hall–Kier alpha value is -2.40. The number of phenolic OH excluding ortho intramolecular Hbond substituents is 2. The van der Waals surface area contributed by atoms with Crippen molar-refractivity contribution in [2.75, 3.05) is 27.8 Å². The molecule has 2 N–H and O–H groups in total. The fourth-order valence-electron chi connectivity index (χ4n) is 4.05. The average molecular weight is 327 g/mol. The molecule has 126 valence electrons. The molecule has 0 bridgehead atoms. The molecule has 0 radical (unpaired) electrons. The number of aromatic hydroxyl groups is 2. The van der Waals surface area contributed by atoms with E-state index < -0.39 is 0 Å². The predicted octanol–water partition coefficient (Wildman–Crippen LogP) is 2.87. The summed E-state index contributed by atoms with van der Waals surface area (Å²) in [5.74, 6) is 1.16. The summed E-state index contributed by atoms with van der Waals surface area (Å²) in [5.41, 5.74) is 5.06. The second kappa shape index (κ2) is 5.31. The smallest absolute Gasteiger partial charge is 0.166 e. The van der Waals surface area contributed by atoms with Crippen molar-refractivity contribution in [1.82, 2.24) is 4.90 Å². The highest BCUT2D eigenvalue weighted by atomic mass is 16.5. The SMILES string of the molecule is COc1cc2c(cc1O)-c1c(O)c(OC)cc3c1[C@@H](C2)N(C)CC3. The van der Waals surface area contributed by atoms with E-state index in [1.54, 1.807) is 20.3 Å². The summed E-state index contributed by atoms with van der Waals surface area (Å²) in [5, 5.41) is 21.0. The number of nitrogens with zero attached hydrogens (tertiary/aromatic N) is 1. The Morgan fingerprint density at radius 1 is 1.04 bits per heavy atom. The summed E-state index contributed by atoms with van der Waals surface area (Å²) in [6.45, 7) is 0.968. The van der Waals surface area contributed by atoms with E-state index in [4.69, 9.17) is 9.47 Å². The third-order valence-electron chi connectivity index (χ3n) is 5.30.